The Bertz CT molecular complexity index is 557. The summed E-state index contributed by atoms with van der Waals surface area (Å²) in [6.07, 6.45) is 0.571. The van der Waals surface area contributed by atoms with Crippen molar-refractivity contribution < 1.29 is 4.52 Å². The molecule has 0 atom stereocenters. The number of hydrogen-bond donors (Lipinski definition) is 2. The molecular weight excluding hydrogens is 277 g/mol. The van der Waals surface area contributed by atoms with Crippen molar-refractivity contribution in [3.05, 3.63) is 27.8 Å². The van der Waals surface area contributed by atoms with Gasteiger partial charge < -0.3 is 15.6 Å². The van der Waals surface area contributed by atoms with Gasteiger partial charge in [0, 0.05) is 13.0 Å². The van der Waals surface area contributed by atoms with Gasteiger partial charge in [0.25, 0.3) is 0 Å². The zero-order valence-corrected chi connectivity index (χ0v) is 11.1. The second-order valence-corrected chi connectivity index (χ2v) is 4.41. The Morgan fingerprint density at radius 2 is 2.11 bits per heavy atom. The number of nitrogens with two attached hydrogens (primary N) is 1. The van der Waals surface area contributed by atoms with Gasteiger partial charge in [-0.15, -0.1) is 0 Å². The summed E-state index contributed by atoms with van der Waals surface area (Å²) in [5, 5.41) is 7.47. The van der Waals surface area contributed by atoms with Crippen LogP contribution in [0.1, 0.15) is 11.7 Å². The van der Waals surface area contributed by atoms with Crippen LogP contribution >= 0.6 is 23.2 Å². The molecule has 2 aromatic rings. The number of nitrogens with zero attached hydrogens (tertiary/aromatic N) is 3. The van der Waals surface area contributed by atoms with Crippen molar-refractivity contribution in [1.82, 2.24) is 15.1 Å². The number of rotatable bonds is 4. The van der Waals surface area contributed by atoms with Gasteiger partial charge >= 0.3 is 0 Å². The van der Waals surface area contributed by atoms with Crippen molar-refractivity contribution in [3.63, 3.8) is 0 Å². The predicted molar refractivity (Wildman–Crippen MR) is 69.9 cm³/mol. The van der Waals surface area contributed by atoms with Crippen LogP contribution in [0.15, 0.2) is 10.6 Å². The maximum absolute atomic E-state index is 5.97. The van der Waals surface area contributed by atoms with Crippen molar-refractivity contribution in [2.45, 2.75) is 13.3 Å². The van der Waals surface area contributed by atoms with Crippen LogP contribution in [0, 0.1) is 6.92 Å². The lowest BCUT2D eigenvalue weighted by Gasteiger charge is -2.07. The average Bonchev–Trinajstić information content (AvgIpc) is 2.71. The molecule has 0 aliphatic rings. The van der Waals surface area contributed by atoms with Crippen molar-refractivity contribution in [2.24, 2.45) is 0 Å². The highest BCUT2D eigenvalue weighted by Gasteiger charge is 2.07. The minimum absolute atomic E-state index is 0.234. The zero-order valence-electron chi connectivity index (χ0n) is 9.57. The van der Waals surface area contributed by atoms with Crippen LogP contribution in [-0.4, -0.2) is 21.7 Å². The topological polar surface area (TPSA) is 89.9 Å². The lowest BCUT2D eigenvalue weighted by molar-refractivity contribution is 0.377. The number of aryl methyl sites for hydroxylation is 1. The lowest BCUT2D eigenvalue weighted by atomic mass is 10.4. The third-order valence-corrected chi connectivity index (χ3v) is 2.75. The van der Waals surface area contributed by atoms with Crippen LogP contribution in [0.5, 0.6) is 0 Å². The van der Waals surface area contributed by atoms with Gasteiger partial charge in [-0.3, -0.25) is 0 Å². The van der Waals surface area contributed by atoms with Gasteiger partial charge in [-0.25, -0.2) is 4.98 Å². The molecule has 0 unspecified atom stereocenters. The number of nitrogens with one attached hydrogen (secondary N) is 1. The minimum atomic E-state index is 0.234. The van der Waals surface area contributed by atoms with E-state index < -0.39 is 0 Å². The number of pyridine rings is 1. The third-order valence-electron chi connectivity index (χ3n) is 2.16. The number of nitrogen functional groups attached to an aromatic ring is 1. The normalized spacial score (nSPS) is 10.6. The van der Waals surface area contributed by atoms with E-state index in [9.17, 15) is 0 Å². The Morgan fingerprint density at radius 1 is 1.33 bits per heavy atom. The molecule has 0 bridgehead atoms. The molecule has 96 valence electrons. The average molecular weight is 288 g/mol. The number of anilines is 2. The van der Waals surface area contributed by atoms with Crippen molar-refractivity contribution in [1.29, 1.82) is 0 Å². The first kappa shape index (κ1) is 12.9. The summed E-state index contributed by atoms with van der Waals surface area (Å²) < 4.78 is 4.97. The smallest absolute Gasteiger partial charge is 0.228 e. The van der Waals surface area contributed by atoms with Crippen LogP contribution in [0.4, 0.5) is 11.6 Å². The fraction of sp³-hybridized carbons (Fsp3) is 0.300. The van der Waals surface area contributed by atoms with E-state index in [1.54, 1.807) is 13.0 Å². The van der Waals surface area contributed by atoms with Gasteiger partial charge in [0.1, 0.15) is 11.6 Å². The summed E-state index contributed by atoms with van der Waals surface area (Å²) >= 11 is 11.8. The molecule has 18 heavy (non-hydrogen) atoms. The second kappa shape index (κ2) is 5.41. The lowest BCUT2D eigenvalue weighted by Crippen LogP contribution is -2.08. The van der Waals surface area contributed by atoms with Crippen molar-refractivity contribution in [2.75, 3.05) is 17.6 Å². The molecule has 2 heterocycles. The molecular formula is C10H11Cl2N5O. The molecule has 6 nitrogen and oxygen atoms in total. The van der Waals surface area contributed by atoms with E-state index in [1.807, 2.05) is 0 Å². The molecule has 0 saturated heterocycles. The Labute approximate surface area is 113 Å². The van der Waals surface area contributed by atoms with Crippen molar-refractivity contribution >= 4 is 34.8 Å². The van der Waals surface area contributed by atoms with Gasteiger partial charge in [0.15, 0.2) is 5.82 Å². The summed E-state index contributed by atoms with van der Waals surface area (Å²) in [4.78, 5) is 8.12. The fourth-order valence-electron chi connectivity index (χ4n) is 1.33. The highest BCUT2D eigenvalue weighted by molar-refractivity contribution is 6.37. The zero-order chi connectivity index (χ0) is 13.1. The van der Waals surface area contributed by atoms with Gasteiger partial charge in [-0.2, -0.15) is 4.98 Å². The van der Waals surface area contributed by atoms with Crippen LogP contribution in [0.3, 0.4) is 0 Å². The number of halogens is 2. The minimum Gasteiger partial charge on any atom is -0.382 e. The quantitative estimate of drug-likeness (QED) is 0.897. The van der Waals surface area contributed by atoms with E-state index in [0.717, 1.165) is 0 Å². The summed E-state index contributed by atoms with van der Waals surface area (Å²) in [5.74, 6) is 1.88. The maximum Gasteiger partial charge on any atom is 0.228 e. The molecule has 0 radical (unpaired) electrons. The number of hydrogen-bond acceptors (Lipinski definition) is 6. The molecule has 0 fully saturated rings. The Kier molecular flexibility index (Phi) is 3.88. The summed E-state index contributed by atoms with van der Waals surface area (Å²) in [6.45, 7) is 2.31. The Morgan fingerprint density at radius 3 is 2.78 bits per heavy atom. The van der Waals surface area contributed by atoms with Gasteiger partial charge in [-0.05, 0) is 13.0 Å². The van der Waals surface area contributed by atoms with Gasteiger partial charge in [-0.1, -0.05) is 28.4 Å². The molecule has 2 aromatic heterocycles. The van der Waals surface area contributed by atoms with Crippen LogP contribution < -0.4 is 11.1 Å². The van der Waals surface area contributed by atoms with E-state index in [0.29, 0.717) is 40.5 Å². The maximum atomic E-state index is 5.97. The molecule has 0 saturated carbocycles. The second-order valence-electron chi connectivity index (χ2n) is 3.60. The van der Waals surface area contributed by atoms with E-state index in [4.69, 9.17) is 33.5 Å². The first-order valence-electron chi connectivity index (χ1n) is 5.21. The predicted octanol–water partition coefficient (Wildman–Crippen LogP) is 2.32. The van der Waals surface area contributed by atoms with E-state index in [2.05, 4.69) is 20.4 Å². The first-order valence-corrected chi connectivity index (χ1v) is 5.96. The molecule has 2 rings (SSSR count). The molecule has 0 aromatic carbocycles. The first-order chi connectivity index (χ1) is 8.56. The van der Waals surface area contributed by atoms with Crippen LogP contribution in [-0.2, 0) is 6.42 Å². The van der Waals surface area contributed by atoms with Crippen LogP contribution in [0.25, 0.3) is 0 Å². The van der Waals surface area contributed by atoms with E-state index in [1.165, 1.54) is 0 Å². The molecule has 0 amide bonds. The highest BCUT2D eigenvalue weighted by Crippen LogP contribution is 2.27. The van der Waals surface area contributed by atoms with Crippen molar-refractivity contribution in [3.8, 4) is 0 Å². The highest BCUT2D eigenvalue weighted by atomic mass is 35.5. The Balaban J connectivity index is 1.96. The molecule has 0 aliphatic heterocycles. The van der Waals surface area contributed by atoms with E-state index >= 15 is 0 Å². The number of aromatic nitrogens is 3. The summed E-state index contributed by atoms with van der Waals surface area (Å²) in [7, 11) is 0. The third kappa shape index (κ3) is 3.02. The largest absolute Gasteiger partial charge is 0.382 e. The Hall–Kier alpha value is -1.53. The molecule has 3 N–H and O–H groups in total. The standard InChI is InChI=1S/C10H11Cl2N5O/c1-5-15-8(18-17-5)2-3-14-10-7(12)4-6(11)9(13)16-10/h4H,2-3H2,1H3,(H3,13,14,16). The van der Waals surface area contributed by atoms with Crippen LogP contribution in [0.2, 0.25) is 10.0 Å². The fourth-order valence-corrected chi connectivity index (χ4v) is 1.76. The summed E-state index contributed by atoms with van der Waals surface area (Å²) in [5.41, 5.74) is 5.59. The summed E-state index contributed by atoms with van der Waals surface area (Å²) in [6, 6.07) is 1.55. The SMILES string of the molecule is Cc1noc(CCNc2nc(N)c(Cl)cc2Cl)n1. The van der Waals surface area contributed by atoms with Gasteiger partial charge in [0.2, 0.25) is 5.89 Å². The molecule has 0 spiro atoms. The monoisotopic (exact) mass is 287 g/mol. The van der Waals surface area contributed by atoms with E-state index in [-0.39, 0.29) is 5.82 Å². The molecule has 8 heteroatoms. The van der Waals surface area contributed by atoms with Gasteiger partial charge in [0.05, 0.1) is 10.0 Å². The molecule has 0 aliphatic carbocycles.